The molecule has 1 unspecified atom stereocenters. The van der Waals surface area contributed by atoms with Crippen LogP contribution in [0.2, 0.25) is 0 Å². The number of alkyl halides is 1. The van der Waals surface area contributed by atoms with Crippen LogP contribution in [0.1, 0.15) is 27.6 Å². The predicted octanol–water partition coefficient (Wildman–Crippen LogP) is 5.05. The first-order chi connectivity index (χ1) is 8.90. The molecule has 0 amide bonds. The van der Waals surface area contributed by atoms with Crippen molar-refractivity contribution in [1.82, 2.24) is 0 Å². The second-order valence-corrected chi connectivity index (χ2v) is 4.92. The van der Waals surface area contributed by atoms with E-state index >= 15 is 0 Å². The summed E-state index contributed by atoms with van der Waals surface area (Å²) < 4.78 is 40.0. The van der Waals surface area contributed by atoms with Crippen LogP contribution in [0.25, 0.3) is 0 Å². The van der Waals surface area contributed by atoms with Crippen molar-refractivity contribution < 1.29 is 13.2 Å². The molecule has 0 aliphatic heterocycles. The third-order valence-electron chi connectivity index (χ3n) is 3.06. The first-order valence-electron chi connectivity index (χ1n) is 5.76. The number of hydrogen-bond acceptors (Lipinski definition) is 0. The standard InChI is InChI=1S/C15H12ClF3/c1-8-5-10(17)3-4-11(8)15(16)12-6-9(2)13(18)7-14(12)19/h3-7,15H,1-2H3. The van der Waals surface area contributed by atoms with Gasteiger partial charge in [0, 0.05) is 11.6 Å². The zero-order chi connectivity index (χ0) is 14.2. The van der Waals surface area contributed by atoms with Crippen LogP contribution in [0.5, 0.6) is 0 Å². The number of aryl methyl sites for hydroxylation is 2. The first-order valence-corrected chi connectivity index (χ1v) is 6.19. The summed E-state index contributed by atoms with van der Waals surface area (Å²) in [6.07, 6.45) is 0. The summed E-state index contributed by atoms with van der Waals surface area (Å²) in [5, 5.41) is -0.778. The minimum atomic E-state index is -0.778. The van der Waals surface area contributed by atoms with Crippen LogP contribution in [0.3, 0.4) is 0 Å². The molecule has 2 rings (SSSR count). The van der Waals surface area contributed by atoms with Crippen molar-refractivity contribution in [3.8, 4) is 0 Å². The smallest absolute Gasteiger partial charge is 0.131 e. The molecular weight excluding hydrogens is 273 g/mol. The fourth-order valence-corrected chi connectivity index (χ4v) is 2.38. The van der Waals surface area contributed by atoms with Crippen LogP contribution < -0.4 is 0 Å². The van der Waals surface area contributed by atoms with Gasteiger partial charge >= 0.3 is 0 Å². The number of benzene rings is 2. The van der Waals surface area contributed by atoms with Gasteiger partial charge in [-0.15, -0.1) is 11.6 Å². The zero-order valence-electron chi connectivity index (χ0n) is 10.5. The van der Waals surface area contributed by atoms with Crippen LogP contribution in [0.4, 0.5) is 13.2 Å². The topological polar surface area (TPSA) is 0 Å². The minimum absolute atomic E-state index is 0.190. The van der Waals surface area contributed by atoms with Gasteiger partial charge < -0.3 is 0 Å². The fourth-order valence-electron chi connectivity index (χ4n) is 1.96. The van der Waals surface area contributed by atoms with Crippen LogP contribution in [-0.4, -0.2) is 0 Å². The Morgan fingerprint density at radius 2 is 1.53 bits per heavy atom. The molecule has 0 bridgehead atoms. The molecule has 0 fully saturated rings. The Labute approximate surface area is 114 Å². The van der Waals surface area contributed by atoms with Gasteiger partial charge in [0.1, 0.15) is 17.5 Å². The van der Waals surface area contributed by atoms with E-state index in [4.69, 9.17) is 11.6 Å². The van der Waals surface area contributed by atoms with Crippen molar-refractivity contribution in [3.63, 3.8) is 0 Å². The van der Waals surface area contributed by atoms with Crippen LogP contribution >= 0.6 is 11.6 Å². The van der Waals surface area contributed by atoms with Crippen molar-refractivity contribution in [3.05, 3.63) is 70.0 Å². The van der Waals surface area contributed by atoms with E-state index in [1.807, 2.05) is 0 Å². The van der Waals surface area contributed by atoms with Crippen molar-refractivity contribution in [2.75, 3.05) is 0 Å². The van der Waals surface area contributed by atoms with Crippen LogP contribution in [0.15, 0.2) is 30.3 Å². The summed E-state index contributed by atoms with van der Waals surface area (Å²) in [7, 11) is 0. The number of rotatable bonds is 2. The largest absolute Gasteiger partial charge is 0.207 e. The zero-order valence-corrected chi connectivity index (χ0v) is 11.2. The molecule has 0 aliphatic carbocycles. The lowest BCUT2D eigenvalue weighted by Crippen LogP contribution is -2.02. The van der Waals surface area contributed by atoms with Gasteiger partial charge in [0.25, 0.3) is 0 Å². The van der Waals surface area contributed by atoms with Gasteiger partial charge in [0.15, 0.2) is 0 Å². The van der Waals surface area contributed by atoms with Gasteiger partial charge in [-0.25, -0.2) is 13.2 Å². The normalized spacial score (nSPS) is 12.5. The van der Waals surface area contributed by atoms with Crippen molar-refractivity contribution >= 4 is 11.6 Å². The van der Waals surface area contributed by atoms with Crippen LogP contribution in [-0.2, 0) is 0 Å². The molecule has 0 aromatic heterocycles. The number of halogens is 4. The molecule has 0 radical (unpaired) electrons. The highest BCUT2D eigenvalue weighted by Gasteiger charge is 2.19. The van der Waals surface area contributed by atoms with Gasteiger partial charge in [0.2, 0.25) is 0 Å². The van der Waals surface area contributed by atoms with Gasteiger partial charge in [-0.3, -0.25) is 0 Å². The van der Waals surface area contributed by atoms with E-state index < -0.39 is 17.0 Å². The molecule has 1 atom stereocenters. The van der Waals surface area contributed by atoms with Crippen molar-refractivity contribution in [1.29, 1.82) is 0 Å². The lowest BCUT2D eigenvalue weighted by atomic mass is 9.98. The van der Waals surface area contributed by atoms with E-state index in [1.54, 1.807) is 13.8 Å². The van der Waals surface area contributed by atoms with E-state index in [9.17, 15) is 13.2 Å². The van der Waals surface area contributed by atoms with E-state index in [2.05, 4.69) is 0 Å². The van der Waals surface area contributed by atoms with E-state index in [-0.39, 0.29) is 11.4 Å². The van der Waals surface area contributed by atoms with Crippen LogP contribution in [0, 0.1) is 31.3 Å². The highest BCUT2D eigenvalue weighted by atomic mass is 35.5. The summed E-state index contributed by atoms with van der Waals surface area (Å²) in [6.45, 7) is 3.24. The average Bonchev–Trinajstić information content (AvgIpc) is 2.33. The molecule has 0 spiro atoms. The second-order valence-electron chi connectivity index (χ2n) is 4.49. The Hall–Kier alpha value is -1.48. The molecule has 0 heterocycles. The lowest BCUT2D eigenvalue weighted by molar-refractivity contribution is 0.568. The average molecular weight is 285 g/mol. The summed E-state index contributed by atoms with van der Waals surface area (Å²) in [4.78, 5) is 0. The molecule has 19 heavy (non-hydrogen) atoms. The molecular formula is C15H12ClF3. The Bertz CT molecular complexity index is 623. The first kappa shape index (κ1) is 13.9. The maximum absolute atomic E-state index is 13.8. The lowest BCUT2D eigenvalue weighted by Gasteiger charge is -2.15. The molecule has 0 saturated heterocycles. The highest BCUT2D eigenvalue weighted by Crippen LogP contribution is 2.33. The molecule has 0 nitrogen and oxygen atoms in total. The highest BCUT2D eigenvalue weighted by molar-refractivity contribution is 6.22. The third kappa shape index (κ3) is 2.76. The van der Waals surface area contributed by atoms with Crippen molar-refractivity contribution in [2.45, 2.75) is 19.2 Å². The quantitative estimate of drug-likeness (QED) is 0.677. The minimum Gasteiger partial charge on any atom is -0.207 e. The fraction of sp³-hybridized carbons (Fsp3) is 0.200. The summed E-state index contributed by atoms with van der Waals surface area (Å²) in [5.74, 6) is -1.69. The maximum Gasteiger partial charge on any atom is 0.131 e. The van der Waals surface area contributed by atoms with E-state index in [0.29, 0.717) is 16.7 Å². The van der Waals surface area contributed by atoms with Gasteiger partial charge in [-0.1, -0.05) is 6.07 Å². The molecule has 0 N–H and O–H groups in total. The Morgan fingerprint density at radius 1 is 0.842 bits per heavy atom. The summed E-state index contributed by atoms with van der Waals surface area (Å²) >= 11 is 6.23. The summed E-state index contributed by atoms with van der Waals surface area (Å²) in [6, 6.07) is 6.31. The maximum atomic E-state index is 13.8. The Morgan fingerprint density at radius 3 is 2.16 bits per heavy atom. The Balaban J connectivity index is 2.49. The third-order valence-corrected chi connectivity index (χ3v) is 3.53. The van der Waals surface area contributed by atoms with Gasteiger partial charge in [-0.2, -0.15) is 0 Å². The summed E-state index contributed by atoms with van der Waals surface area (Å²) in [5.41, 5.74) is 1.74. The van der Waals surface area contributed by atoms with E-state index in [1.165, 1.54) is 24.3 Å². The predicted molar refractivity (Wildman–Crippen MR) is 69.9 cm³/mol. The SMILES string of the molecule is Cc1cc(C(Cl)c2ccc(F)cc2C)c(F)cc1F. The second kappa shape index (κ2) is 5.25. The molecule has 2 aromatic rings. The van der Waals surface area contributed by atoms with E-state index in [0.717, 1.165) is 6.07 Å². The van der Waals surface area contributed by atoms with Gasteiger partial charge in [0.05, 0.1) is 5.38 Å². The molecule has 0 aliphatic rings. The van der Waals surface area contributed by atoms with Crippen molar-refractivity contribution in [2.24, 2.45) is 0 Å². The molecule has 2 aromatic carbocycles. The molecule has 4 heteroatoms. The molecule has 100 valence electrons. The van der Waals surface area contributed by atoms with Gasteiger partial charge in [-0.05, 0) is 48.7 Å². The molecule has 0 saturated carbocycles. The Kier molecular flexibility index (Phi) is 3.85. The number of hydrogen-bond donors (Lipinski definition) is 0. The monoisotopic (exact) mass is 284 g/mol.